The van der Waals surface area contributed by atoms with Crippen molar-refractivity contribution in [1.29, 1.82) is 0 Å². The van der Waals surface area contributed by atoms with E-state index in [0.29, 0.717) is 18.1 Å². The maximum absolute atomic E-state index is 7.01. The second-order valence-electron chi connectivity index (χ2n) is 22.9. The molecule has 456 valence electrons. The van der Waals surface area contributed by atoms with Crippen LogP contribution in [0.15, 0.2) is 0 Å². The van der Waals surface area contributed by atoms with Gasteiger partial charge in [0.05, 0.1) is 11.7 Å². The molecule has 3 aliphatic heterocycles. The maximum Gasteiger partial charge on any atom is 0.0756 e. The van der Waals surface area contributed by atoms with E-state index in [2.05, 4.69) is 52.2 Å². The lowest BCUT2D eigenvalue weighted by Crippen LogP contribution is -2.51. The minimum absolute atomic E-state index is 0.166. The monoisotopic (exact) mass is 1060 g/mol. The van der Waals surface area contributed by atoms with E-state index in [1.54, 1.807) is 25.7 Å². The summed E-state index contributed by atoms with van der Waals surface area (Å²) in [6.45, 7) is 58.0. The highest BCUT2D eigenvalue weighted by Crippen LogP contribution is 2.57. The van der Waals surface area contributed by atoms with Crippen LogP contribution < -0.4 is 10.6 Å². The van der Waals surface area contributed by atoms with Gasteiger partial charge < -0.3 is 15.4 Å². The van der Waals surface area contributed by atoms with Crippen molar-refractivity contribution in [3.05, 3.63) is 0 Å². The Kier molecular flexibility index (Phi) is 51.2. The average molecular weight is 1060 g/mol. The van der Waals surface area contributed by atoms with Crippen LogP contribution >= 0.6 is 0 Å². The Morgan fingerprint density at radius 1 is 0.413 bits per heavy atom. The summed E-state index contributed by atoms with van der Waals surface area (Å²) in [5.74, 6) is 14.4. The van der Waals surface area contributed by atoms with Crippen molar-refractivity contribution in [1.82, 2.24) is 10.6 Å². The summed E-state index contributed by atoms with van der Waals surface area (Å²) < 4.78 is 7.01. The molecule has 2 N–H and O–H groups in total. The van der Waals surface area contributed by atoms with Crippen molar-refractivity contribution in [3.8, 4) is 0 Å². The molecule has 3 heterocycles. The third-order valence-electron chi connectivity index (χ3n) is 20.6. The van der Waals surface area contributed by atoms with E-state index in [1.165, 1.54) is 148 Å². The Hall–Kier alpha value is -0.120. The Morgan fingerprint density at radius 2 is 0.867 bits per heavy atom. The summed E-state index contributed by atoms with van der Waals surface area (Å²) in [4.78, 5) is 0. The fraction of sp³-hybridized carbons (Fsp3) is 1.00. The van der Waals surface area contributed by atoms with Gasteiger partial charge in [0.1, 0.15) is 0 Å². The minimum atomic E-state index is 0.166. The highest BCUT2D eigenvalue weighted by molar-refractivity contribution is 5.09. The molecule has 6 aliphatic carbocycles. The van der Waals surface area contributed by atoms with E-state index in [9.17, 15) is 0 Å². The smallest absolute Gasteiger partial charge is 0.0756 e. The third kappa shape index (κ3) is 23.0. The highest BCUT2D eigenvalue weighted by atomic mass is 16.5. The molecule has 11 unspecified atom stereocenters. The first-order valence-electron chi connectivity index (χ1n) is 35.9. The fourth-order valence-corrected chi connectivity index (χ4v) is 17.1. The summed E-state index contributed by atoms with van der Waals surface area (Å²) in [7, 11) is 0. The van der Waals surface area contributed by atoms with Crippen LogP contribution in [0.2, 0.25) is 0 Å². The van der Waals surface area contributed by atoms with Crippen LogP contribution in [-0.2, 0) is 4.74 Å². The molecule has 9 rings (SSSR count). The van der Waals surface area contributed by atoms with Gasteiger partial charge in [0.15, 0.2) is 0 Å². The van der Waals surface area contributed by atoms with E-state index >= 15 is 0 Å². The van der Waals surface area contributed by atoms with Gasteiger partial charge in [0, 0.05) is 18.0 Å². The molecule has 9 aliphatic rings. The Labute approximate surface area is 479 Å². The third-order valence-corrected chi connectivity index (χ3v) is 20.6. The van der Waals surface area contributed by atoms with Gasteiger partial charge in [0.25, 0.3) is 0 Å². The molecule has 6 saturated carbocycles. The van der Waals surface area contributed by atoms with Gasteiger partial charge in [0.2, 0.25) is 0 Å². The Balaban J connectivity index is -0.00000104. The molecule has 1 spiro atoms. The highest BCUT2D eigenvalue weighted by Gasteiger charge is 2.58. The zero-order valence-corrected chi connectivity index (χ0v) is 57.4. The molecule has 0 aromatic rings. The summed E-state index contributed by atoms with van der Waals surface area (Å²) in [5, 5.41) is 7.72. The lowest BCUT2D eigenvalue weighted by atomic mass is 9.56. The van der Waals surface area contributed by atoms with Gasteiger partial charge in [-0.3, -0.25) is 0 Å². The second-order valence-corrected chi connectivity index (χ2v) is 22.9. The lowest BCUT2D eigenvalue weighted by Gasteiger charge is -2.51. The van der Waals surface area contributed by atoms with Gasteiger partial charge in [-0.05, 0) is 179 Å². The van der Waals surface area contributed by atoms with Gasteiger partial charge >= 0.3 is 0 Å². The topological polar surface area (TPSA) is 33.3 Å². The van der Waals surface area contributed by atoms with Crippen molar-refractivity contribution < 1.29 is 4.74 Å². The minimum Gasteiger partial charge on any atom is -0.370 e. The largest absolute Gasteiger partial charge is 0.370 e. The molecule has 75 heavy (non-hydrogen) atoms. The molecule has 0 amide bonds. The number of hydrogen-bond donors (Lipinski definition) is 2. The number of hydrogen-bond acceptors (Lipinski definition) is 3. The molecule has 0 aromatic heterocycles. The predicted octanol–water partition coefficient (Wildman–Crippen LogP) is 23.5. The lowest BCUT2D eigenvalue weighted by molar-refractivity contribution is -0.135. The van der Waals surface area contributed by atoms with Crippen molar-refractivity contribution in [3.63, 3.8) is 0 Å². The average Bonchev–Trinajstić information content (AvgIpc) is 3.79. The van der Waals surface area contributed by atoms with Crippen LogP contribution in [0.5, 0.6) is 0 Å². The zero-order valence-electron chi connectivity index (χ0n) is 57.4. The number of piperidine rings is 2. The number of rotatable bonds is 6. The van der Waals surface area contributed by atoms with E-state index in [0.717, 1.165) is 88.9 Å². The normalized spacial score (nSPS) is 38.1. The van der Waals surface area contributed by atoms with E-state index in [1.807, 2.05) is 138 Å². The molecule has 3 saturated heterocycles. The maximum atomic E-state index is 7.01. The molecule has 3 heteroatoms. The number of ether oxygens (including phenoxy) is 1. The van der Waals surface area contributed by atoms with Crippen molar-refractivity contribution in [2.45, 2.75) is 364 Å². The number of nitrogens with one attached hydrogen (secondary N) is 2. The van der Waals surface area contributed by atoms with E-state index in [-0.39, 0.29) is 5.60 Å². The quantitative estimate of drug-likeness (QED) is 0.278. The van der Waals surface area contributed by atoms with Crippen molar-refractivity contribution in [2.75, 3.05) is 13.1 Å². The van der Waals surface area contributed by atoms with E-state index in [4.69, 9.17) is 4.74 Å². The zero-order chi connectivity index (χ0) is 58.1. The molecule has 0 aromatic carbocycles. The summed E-state index contributed by atoms with van der Waals surface area (Å²) in [6, 6.07) is 1.42. The SMILES string of the molecule is CC.CC.CC.CC.CC.CC.CC.CC.CC.CC.CC1CCC2CCCCC2C1CC1CCCC([C@H](C)[C@H]2CCCCN2)[C@@H]1C.CC1CCC2CCCCC2C1CC1CCC[C@]2(O[C@@H]3CCCN[C@H]3[C@H]2C)[C@@H]1C. The molecule has 19 atom stereocenters. The van der Waals surface area contributed by atoms with Crippen molar-refractivity contribution >= 4 is 0 Å². The summed E-state index contributed by atoms with van der Waals surface area (Å²) in [6.07, 6.45) is 37.5. The first-order valence-corrected chi connectivity index (χ1v) is 35.9. The fourth-order valence-electron chi connectivity index (χ4n) is 17.1. The molecule has 0 bridgehead atoms. The Morgan fingerprint density at radius 3 is 1.35 bits per heavy atom. The molecular weight excluding hydrogens is 909 g/mol. The van der Waals surface area contributed by atoms with Crippen LogP contribution in [0.1, 0.15) is 341 Å². The van der Waals surface area contributed by atoms with E-state index < -0.39 is 0 Å². The molecule has 0 radical (unpaired) electrons. The van der Waals surface area contributed by atoms with Crippen LogP contribution in [0.4, 0.5) is 0 Å². The molecule has 9 fully saturated rings. The summed E-state index contributed by atoms with van der Waals surface area (Å²) in [5.41, 5.74) is 0.166. The Bertz CT molecular complexity index is 1180. The molecular formula is C72H152N2O. The van der Waals surface area contributed by atoms with Gasteiger partial charge in [-0.1, -0.05) is 257 Å². The van der Waals surface area contributed by atoms with Gasteiger partial charge in [-0.15, -0.1) is 0 Å². The van der Waals surface area contributed by atoms with Crippen LogP contribution in [0, 0.1) is 88.8 Å². The first-order chi connectivity index (χ1) is 36.7. The second kappa shape index (κ2) is 48.6. The van der Waals surface area contributed by atoms with Gasteiger partial charge in [-0.25, -0.2) is 0 Å². The summed E-state index contributed by atoms with van der Waals surface area (Å²) >= 11 is 0. The predicted molar refractivity (Wildman–Crippen MR) is 346 cm³/mol. The number of fused-ring (bicyclic) bond motifs is 3. The molecule has 3 nitrogen and oxygen atoms in total. The van der Waals surface area contributed by atoms with Crippen LogP contribution in [0.3, 0.4) is 0 Å². The standard InChI is InChI=1S/C26H45NO.C26H47N.10C2H6/c1-17-12-13-20-8-4-5-10-22(20)23(17)16-21-9-6-14-26(18(21)2)19(3)25-24(28-26)11-7-15-27-25;1-18-14-15-21-9-4-5-11-24(21)25(18)17-22-10-8-12-23(19(22)2)20(3)26-13-6-7-16-27-26;10*1-2/h17-25,27H,4-16H2,1-3H3;18-27H,4-17H2,1-3H3;10*1-2H3/t17?,18-,19-,20?,21?,22?,23?,24-,25+,26+;18?,19-,20+,21?,22?,23?,24?,25?,26-;;;;;;;;;;/m11........../s1. The van der Waals surface area contributed by atoms with Crippen molar-refractivity contribution in [2.24, 2.45) is 88.8 Å². The van der Waals surface area contributed by atoms with Crippen LogP contribution in [-0.4, -0.2) is 36.9 Å². The van der Waals surface area contributed by atoms with Crippen LogP contribution in [0.25, 0.3) is 0 Å². The van der Waals surface area contributed by atoms with Gasteiger partial charge in [-0.2, -0.15) is 0 Å². The first kappa shape index (κ1) is 79.1.